The van der Waals surface area contributed by atoms with Crippen molar-refractivity contribution >= 4 is 57.0 Å². The molecule has 1 aromatic rings. The minimum absolute atomic E-state index is 0. The molecule has 0 aliphatic heterocycles. The topological polar surface area (TPSA) is 399 Å². The number of aliphatic carboxylic acids is 1. The lowest BCUT2D eigenvalue weighted by Gasteiger charge is -2.22. The molecule has 1 rings (SSSR count). The van der Waals surface area contributed by atoms with E-state index in [0.717, 1.165) is 0 Å². The Bertz CT molecular complexity index is 1720. The van der Waals surface area contributed by atoms with Gasteiger partial charge in [0.2, 0.25) is 11.8 Å². The lowest BCUT2D eigenvalue weighted by molar-refractivity contribution is -0.385. The highest BCUT2D eigenvalue weighted by Crippen LogP contribution is 2.42. The summed E-state index contributed by atoms with van der Waals surface area (Å²) in [6.45, 7) is 11.4. The summed E-state index contributed by atoms with van der Waals surface area (Å²) in [4.78, 5) is 72.0. The first kappa shape index (κ1) is 85.5. The number of aliphatic hydroxyl groups excluding tert-OH is 6. The van der Waals surface area contributed by atoms with Gasteiger partial charge in [-0.05, 0) is 82.1 Å². The molecule has 0 aliphatic rings. The number of esters is 2. The molecule has 1 heterocycles. The van der Waals surface area contributed by atoms with Gasteiger partial charge in [0.25, 0.3) is 5.69 Å². The maximum Gasteiger partial charge on any atom is 0.305 e. The minimum atomic E-state index is -0.945. The Hall–Kier alpha value is -3.96. The molecule has 8 unspecified atom stereocenters. The second-order valence-electron chi connectivity index (χ2n) is 18.0. The number of hydrogen-bond donors (Lipinski definition) is 9. The number of nitrogens with one attached hydrogen (secondary N) is 2. The molecule has 0 fully saturated rings. The molecule has 83 heavy (non-hydrogen) atoms. The van der Waals surface area contributed by atoms with Crippen molar-refractivity contribution in [3.05, 3.63) is 28.4 Å². The van der Waals surface area contributed by atoms with E-state index >= 15 is 0 Å². The number of aliphatic hydroxyl groups is 6. The summed E-state index contributed by atoms with van der Waals surface area (Å²) in [5.74, 6) is -2.17. The van der Waals surface area contributed by atoms with Crippen molar-refractivity contribution in [3.63, 3.8) is 0 Å². The molecule has 0 radical (unpaired) electrons. The number of aromatic nitrogens is 1. The van der Waals surface area contributed by atoms with Crippen LogP contribution in [0.3, 0.4) is 0 Å². The van der Waals surface area contributed by atoms with Crippen LogP contribution in [0.15, 0.2) is 23.4 Å². The first-order valence-electron chi connectivity index (χ1n) is 27.0. The van der Waals surface area contributed by atoms with E-state index in [4.69, 9.17) is 78.0 Å². The molecule has 0 aliphatic carbocycles. The van der Waals surface area contributed by atoms with Gasteiger partial charge in [0, 0.05) is 84.4 Å². The molecule has 28 nitrogen and oxygen atoms in total. The third-order valence-corrected chi connectivity index (χ3v) is 14.2. The molecule has 2 amide bonds. The number of carbonyl (C=O) groups excluding carboxylic acids is 4. The van der Waals surface area contributed by atoms with E-state index in [1.807, 2.05) is 41.5 Å². The van der Waals surface area contributed by atoms with Crippen LogP contribution in [0.2, 0.25) is 0 Å². The molecule has 8 atom stereocenters. The van der Waals surface area contributed by atoms with E-state index < -0.39 is 54.1 Å². The van der Waals surface area contributed by atoms with Gasteiger partial charge in [-0.3, -0.25) is 34.1 Å². The second-order valence-corrected chi connectivity index (χ2v) is 20.8. The Morgan fingerprint density at radius 3 is 1.30 bits per heavy atom. The number of hydrogen-bond acceptors (Lipinski definition) is 26. The van der Waals surface area contributed by atoms with E-state index in [1.165, 1.54) is 51.5 Å². The van der Waals surface area contributed by atoms with E-state index in [9.17, 15) is 39.2 Å². The number of carboxylic acids is 1. The minimum Gasteiger partial charge on any atom is -0.481 e. The van der Waals surface area contributed by atoms with Crippen LogP contribution < -0.4 is 10.6 Å². The SMILES string of the molecule is C.CCC(CO)OC(CO)OC.CCC(CO)OC(CO)OC.CCC(CO)OC(COC(=O)CCCC(=O)NCCCNC(=O)CCC(C)(C)SSc1ccc([N+](=O)[O-])cn1)OC.CCC(CO)OC(COC(=O)CCCC(=O)O)OC. The molecular formula is C53H100N4O24S2. The van der Waals surface area contributed by atoms with Crippen LogP contribution in [0, 0.1) is 10.1 Å². The Morgan fingerprint density at radius 1 is 0.590 bits per heavy atom. The fourth-order valence-corrected chi connectivity index (χ4v) is 7.90. The smallest absolute Gasteiger partial charge is 0.305 e. The van der Waals surface area contributed by atoms with Gasteiger partial charge >= 0.3 is 17.9 Å². The summed E-state index contributed by atoms with van der Waals surface area (Å²) < 4.78 is 50.4. The molecular weight excluding hydrogens is 1140 g/mol. The van der Waals surface area contributed by atoms with Crippen molar-refractivity contribution in [1.29, 1.82) is 0 Å². The van der Waals surface area contributed by atoms with Gasteiger partial charge in [-0.2, -0.15) is 0 Å². The fourth-order valence-electron chi connectivity index (χ4n) is 5.71. The van der Waals surface area contributed by atoms with Gasteiger partial charge in [-0.25, -0.2) is 4.98 Å². The highest BCUT2D eigenvalue weighted by molar-refractivity contribution is 8.77. The fraction of sp³-hybridized carbons (Fsp3) is 0.811. The largest absolute Gasteiger partial charge is 0.481 e. The number of carboxylic acid groups (broad SMARTS) is 1. The lowest BCUT2D eigenvalue weighted by atomic mass is 10.1. The Kier molecular flexibility index (Phi) is 57.6. The summed E-state index contributed by atoms with van der Waals surface area (Å²) in [6.07, 6.45) is 2.19. The summed E-state index contributed by atoms with van der Waals surface area (Å²) in [6, 6.07) is 3.01. The van der Waals surface area contributed by atoms with Crippen molar-refractivity contribution in [2.45, 2.75) is 192 Å². The van der Waals surface area contributed by atoms with Crippen LogP contribution in [0.25, 0.3) is 0 Å². The molecule has 488 valence electrons. The Balaban J connectivity index is -0.000000606. The van der Waals surface area contributed by atoms with Crippen molar-refractivity contribution in [2.24, 2.45) is 0 Å². The number of methoxy groups -OCH3 is 4. The third-order valence-electron chi connectivity index (χ3n) is 10.9. The molecule has 0 spiro atoms. The normalized spacial score (nSPS) is 13.8. The quantitative estimate of drug-likeness (QED) is 0.0111. The van der Waals surface area contributed by atoms with Gasteiger partial charge in [0.1, 0.15) is 24.4 Å². The van der Waals surface area contributed by atoms with Crippen LogP contribution in [0.4, 0.5) is 5.69 Å². The highest BCUT2D eigenvalue weighted by atomic mass is 33.1. The number of pyridine rings is 1. The van der Waals surface area contributed by atoms with Crippen LogP contribution in [-0.4, -0.2) is 224 Å². The standard InChI is InChI=1S/C26H42N4O9S2.C12H22O7.2C7H16O4.CH4/c1-5-20(17-31)39-25(37-4)18-38-24(34)9-6-8-21(32)27-14-7-15-28-22(33)12-13-26(2,3)41-40-23-11-10-19(16-29-23)30(35)36;1-3-9(7-13)19-12(17-2)8-18-11(16)6-4-5-10(14)15;2*1-3-6(4-8)11-7(5-9)10-2;/h10-11,16,20,25,31H,5-9,12-15,17-18H2,1-4H3,(H,27,32)(H,28,33);9,12-13H,3-8H2,1-2H3,(H,14,15);2*6-9H,3-5H2,1-2H3;1H4. The summed E-state index contributed by atoms with van der Waals surface area (Å²) in [7, 11) is 8.69. The van der Waals surface area contributed by atoms with Gasteiger partial charge in [-0.15, -0.1) is 0 Å². The van der Waals surface area contributed by atoms with Crippen molar-refractivity contribution in [2.75, 3.05) is 94.4 Å². The molecule has 0 aromatic carbocycles. The zero-order valence-corrected chi connectivity index (χ0v) is 51.0. The number of ether oxygens (including phenoxy) is 10. The zero-order chi connectivity index (χ0) is 62.7. The monoisotopic (exact) mass is 1240 g/mol. The van der Waals surface area contributed by atoms with Gasteiger partial charge < -0.3 is 93.7 Å². The number of rotatable bonds is 45. The first-order chi connectivity index (χ1) is 39.1. The summed E-state index contributed by atoms with van der Waals surface area (Å²) in [5, 5.41) is 78.2. The predicted octanol–water partition coefficient (Wildman–Crippen LogP) is 4.04. The van der Waals surface area contributed by atoms with E-state index in [1.54, 1.807) is 16.9 Å². The molecule has 0 bridgehead atoms. The average Bonchev–Trinajstić information content (AvgIpc) is 3.49. The maximum absolute atomic E-state index is 12.2. The number of nitro groups is 1. The van der Waals surface area contributed by atoms with Crippen LogP contribution in [0.5, 0.6) is 0 Å². The molecule has 1 aromatic heterocycles. The Morgan fingerprint density at radius 2 is 0.976 bits per heavy atom. The molecule has 0 saturated carbocycles. The van der Waals surface area contributed by atoms with Crippen molar-refractivity contribution in [1.82, 2.24) is 15.6 Å². The average molecular weight is 1240 g/mol. The summed E-state index contributed by atoms with van der Waals surface area (Å²) >= 11 is 0. The van der Waals surface area contributed by atoms with Crippen LogP contribution in [0.1, 0.15) is 132 Å². The maximum atomic E-state index is 12.2. The Labute approximate surface area is 497 Å². The molecule has 0 saturated heterocycles. The van der Waals surface area contributed by atoms with E-state index in [0.29, 0.717) is 69.5 Å². The summed E-state index contributed by atoms with van der Waals surface area (Å²) in [5.41, 5.74) is -0.0584. The number of nitrogens with zero attached hydrogens (tertiary/aromatic N) is 2. The number of amides is 2. The second kappa shape index (κ2) is 55.9. The number of carbonyl (C=O) groups is 5. The first-order valence-corrected chi connectivity index (χ1v) is 29.1. The lowest BCUT2D eigenvalue weighted by Crippen LogP contribution is -2.31. The zero-order valence-electron chi connectivity index (χ0n) is 49.4. The van der Waals surface area contributed by atoms with Gasteiger partial charge in [-0.1, -0.05) is 45.9 Å². The molecule has 30 heteroatoms. The van der Waals surface area contributed by atoms with E-state index in [2.05, 4.69) is 15.6 Å². The predicted molar refractivity (Wildman–Crippen MR) is 309 cm³/mol. The van der Waals surface area contributed by atoms with Gasteiger partial charge in [0.05, 0.1) is 69.0 Å². The van der Waals surface area contributed by atoms with Crippen molar-refractivity contribution in [3.8, 4) is 0 Å². The van der Waals surface area contributed by atoms with Crippen molar-refractivity contribution < 1.29 is 112 Å². The van der Waals surface area contributed by atoms with Crippen LogP contribution in [-0.2, 0) is 71.3 Å². The van der Waals surface area contributed by atoms with Crippen LogP contribution >= 0.6 is 21.6 Å². The van der Waals surface area contributed by atoms with E-state index in [-0.39, 0.29) is 133 Å². The van der Waals surface area contributed by atoms with Gasteiger partial charge in [0.15, 0.2) is 25.2 Å². The molecule has 9 N–H and O–H groups in total. The highest BCUT2D eigenvalue weighted by Gasteiger charge is 2.23. The third kappa shape index (κ3) is 48.9.